The van der Waals surface area contributed by atoms with Crippen LogP contribution in [0.15, 0.2) is 41.5 Å². The third-order valence-corrected chi connectivity index (χ3v) is 4.24. The number of aromatic amines is 1. The minimum absolute atomic E-state index is 0.377. The van der Waals surface area contributed by atoms with Crippen molar-refractivity contribution in [2.75, 3.05) is 21.3 Å². The minimum atomic E-state index is 0.377. The quantitative estimate of drug-likeness (QED) is 0.517. The van der Waals surface area contributed by atoms with Crippen LogP contribution in [0, 0.1) is 11.7 Å². The lowest BCUT2D eigenvalue weighted by atomic mass is 10.1. The van der Waals surface area contributed by atoms with Crippen molar-refractivity contribution in [1.29, 1.82) is 0 Å². The maximum absolute atomic E-state index is 5.41. The summed E-state index contributed by atoms with van der Waals surface area (Å²) in [5.74, 6) is 2.08. The molecule has 0 atom stereocenters. The van der Waals surface area contributed by atoms with E-state index in [0.29, 0.717) is 27.8 Å². The summed E-state index contributed by atoms with van der Waals surface area (Å²) >= 11 is 5.32. The molecule has 0 fully saturated rings. The normalized spacial score (nSPS) is 11.0. The van der Waals surface area contributed by atoms with Crippen LogP contribution in [0.5, 0.6) is 17.2 Å². The van der Waals surface area contributed by atoms with Crippen LogP contribution in [-0.2, 0) is 0 Å². The van der Waals surface area contributed by atoms with E-state index in [0.717, 1.165) is 11.1 Å². The Balaban J connectivity index is 2.06. The summed E-state index contributed by atoms with van der Waals surface area (Å²) in [5.41, 5.74) is 2.86. The van der Waals surface area contributed by atoms with E-state index in [1.807, 2.05) is 31.2 Å². The molecule has 3 rings (SSSR count). The summed E-state index contributed by atoms with van der Waals surface area (Å²) in [5, 5.41) is 11.5. The van der Waals surface area contributed by atoms with Crippen molar-refractivity contribution < 1.29 is 14.2 Å². The molecule has 3 aromatic rings. The zero-order valence-corrected chi connectivity index (χ0v) is 16.3. The molecule has 27 heavy (non-hydrogen) atoms. The number of benzene rings is 2. The van der Waals surface area contributed by atoms with Crippen molar-refractivity contribution in [3.05, 3.63) is 52.3 Å². The standard InChI is InChI=1S/C19H20N4O3S/c1-12-5-7-13(8-6-12)11-20-23-18(21-22-19(23)27)14-9-15(24-2)17(26-4)16(10-14)25-3/h5-11H,1-4H3,(H,22,27)/b20-11-. The summed E-state index contributed by atoms with van der Waals surface area (Å²) in [7, 11) is 4.68. The highest BCUT2D eigenvalue weighted by Gasteiger charge is 2.17. The first-order valence-electron chi connectivity index (χ1n) is 8.16. The molecular weight excluding hydrogens is 364 g/mol. The summed E-state index contributed by atoms with van der Waals surface area (Å²) in [6.45, 7) is 2.04. The Morgan fingerprint density at radius 2 is 1.67 bits per heavy atom. The molecule has 8 heteroatoms. The van der Waals surface area contributed by atoms with Gasteiger partial charge in [0.15, 0.2) is 17.3 Å². The highest BCUT2D eigenvalue weighted by atomic mass is 32.1. The third kappa shape index (κ3) is 3.85. The third-order valence-electron chi connectivity index (χ3n) is 3.97. The van der Waals surface area contributed by atoms with Crippen molar-refractivity contribution in [1.82, 2.24) is 14.9 Å². The Morgan fingerprint density at radius 3 is 2.22 bits per heavy atom. The maximum Gasteiger partial charge on any atom is 0.216 e. The first kappa shape index (κ1) is 18.7. The number of nitrogens with one attached hydrogen (secondary N) is 1. The SMILES string of the molecule is COc1cc(-c2n[nH]c(=S)n2/N=C\c2ccc(C)cc2)cc(OC)c1OC. The van der Waals surface area contributed by atoms with Gasteiger partial charge in [-0.2, -0.15) is 14.9 Å². The van der Waals surface area contributed by atoms with Crippen LogP contribution in [0.4, 0.5) is 0 Å². The van der Waals surface area contributed by atoms with E-state index in [1.54, 1.807) is 44.4 Å². The van der Waals surface area contributed by atoms with Crippen molar-refractivity contribution in [3.8, 4) is 28.6 Å². The fraction of sp³-hybridized carbons (Fsp3) is 0.211. The molecule has 0 aliphatic heterocycles. The van der Waals surface area contributed by atoms with Gasteiger partial charge in [0.1, 0.15) is 0 Å². The predicted molar refractivity (Wildman–Crippen MR) is 107 cm³/mol. The Bertz CT molecular complexity index is 997. The van der Waals surface area contributed by atoms with Crippen LogP contribution in [0.3, 0.4) is 0 Å². The average Bonchev–Trinajstić information content (AvgIpc) is 3.06. The van der Waals surface area contributed by atoms with E-state index < -0.39 is 0 Å². The lowest BCUT2D eigenvalue weighted by Crippen LogP contribution is -1.99. The minimum Gasteiger partial charge on any atom is -0.493 e. The average molecular weight is 384 g/mol. The second-order valence-corrected chi connectivity index (χ2v) is 6.12. The highest BCUT2D eigenvalue weighted by Crippen LogP contribution is 2.40. The van der Waals surface area contributed by atoms with Gasteiger partial charge >= 0.3 is 0 Å². The molecule has 1 N–H and O–H groups in total. The second kappa shape index (κ2) is 8.05. The fourth-order valence-corrected chi connectivity index (χ4v) is 2.75. The molecule has 0 radical (unpaired) electrons. The monoisotopic (exact) mass is 384 g/mol. The molecule has 0 saturated carbocycles. The number of hydrogen-bond acceptors (Lipinski definition) is 6. The summed E-state index contributed by atoms with van der Waals surface area (Å²) in [6, 6.07) is 11.6. The number of rotatable bonds is 6. The summed E-state index contributed by atoms with van der Waals surface area (Å²) < 4.78 is 18.1. The Morgan fingerprint density at radius 1 is 1.04 bits per heavy atom. The topological polar surface area (TPSA) is 73.7 Å². The van der Waals surface area contributed by atoms with Gasteiger partial charge in [0.2, 0.25) is 10.5 Å². The Labute approximate surface area is 162 Å². The number of H-pyrrole nitrogens is 1. The Hall–Kier alpha value is -3.13. The van der Waals surface area contributed by atoms with Crippen molar-refractivity contribution in [2.24, 2.45) is 5.10 Å². The largest absolute Gasteiger partial charge is 0.493 e. The molecule has 0 bridgehead atoms. The van der Waals surface area contributed by atoms with Crippen molar-refractivity contribution >= 4 is 18.4 Å². The molecule has 0 aliphatic carbocycles. The summed E-state index contributed by atoms with van der Waals surface area (Å²) in [4.78, 5) is 0. The van der Waals surface area contributed by atoms with E-state index >= 15 is 0 Å². The van der Waals surface area contributed by atoms with E-state index in [4.69, 9.17) is 26.4 Å². The van der Waals surface area contributed by atoms with Crippen LogP contribution in [0.25, 0.3) is 11.4 Å². The van der Waals surface area contributed by atoms with Crippen LogP contribution in [-0.4, -0.2) is 42.4 Å². The lowest BCUT2D eigenvalue weighted by Gasteiger charge is -2.13. The van der Waals surface area contributed by atoms with Gasteiger partial charge in [0.25, 0.3) is 0 Å². The highest BCUT2D eigenvalue weighted by molar-refractivity contribution is 7.71. The van der Waals surface area contributed by atoms with Gasteiger partial charge in [0, 0.05) is 5.56 Å². The van der Waals surface area contributed by atoms with Crippen LogP contribution >= 0.6 is 12.2 Å². The van der Waals surface area contributed by atoms with Crippen LogP contribution < -0.4 is 14.2 Å². The zero-order valence-electron chi connectivity index (χ0n) is 15.5. The smallest absolute Gasteiger partial charge is 0.216 e. The first-order valence-corrected chi connectivity index (χ1v) is 8.57. The van der Waals surface area contributed by atoms with Gasteiger partial charge in [-0.1, -0.05) is 29.8 Å². The number of ether oxygens (including phenoxy) is 3. The van der Waals surface area contributed by atoms with Gasteiger partial charge in [-0.05, 0) is 36.8 Å². The van der Waals surface area contributed by atoms with Gasteiger partial charge in [-0.15, -0.1) is 0 Å². The lowest BCUT2D eigenvalue weighted by molar-refractivity contribution is 0.324. The van der Waals surface area contributed by atoms with Crippen LogP contribution in [0.1, 0.15) is 11.1 Å². The molecule has 0 saturated heterocycles. The number of hydrogen-bond donors (Lipinski definition) is 1. The van der Waals surface area contributed by atoms with E-state index in [9.17, 15) is 0 Å². The van der Waals surface area contributed by atoms with Gasteiger partial charge in [-0.25, -0.2) is 5.10 Å². The van der Waals surface area contributed by atoms with Gasteiger partial charge < -0.3 is 14.2 Å². The molecule has 0 spiro atoms. The molecule has 140 valence electrons. The van der Waals surface area contributed by atoms with E-state index in [1.165, 1.54) is 5.56 Å². The molecule has 7 nitrogen and oxygen atoms in total. The molecule has 0 unspecified atom stereocenters. The predicted octanol–water partition coefficient (Wildman–Crippen LogP) is 3.82. The number of nitrogens with zero attached hydrogens (tertiary/aromatic N) is 3. The molecule has 0 amide bonds. The molecule has 0 aliphatic rings. The second-order valence-electron chi connectivity index (χ2n) is 5.73. The molecular formula is C19H20N4O3S. The van der Waals surface area contributed by atoms with Crippen LogP contribution in [0.2, 0.25) is 0 Å². The number of aromatic nitrogens is 3. The van der Waals surface area contributed by atoms with Crippen molar-refractivity contribution in [3.63, 3.8) is 0 Å². The fourth-order valence-electron chi connectivity index (χ4n) is 2.57. The van der Waals surface area contributed by atoms with Gasteiger partial charge in [-0.3, -0.25) is 0 Å². The molecule has 2 aromatic carbocycles. The Kier molecular flexibility index (Phi) is 5.56. The molecule has 1 aromatic heterocycles. The summed E-state index contributed by atoms with van der Waals surface area (Å²) in [6.07, 6.45) is 1.73. The number of methoxy groups -OCH3 is 3. The van der Waals surface area contributed by atoms with Gasteiger partial charge in [0.05, 0.1) is 27.5 Å². The van der Waals surface area contributed by atoms with E-state index in [2.05, 4.69) is 15.3 Å². The molecule has 1 heterocycles. The maximum atomic E-state index is 5.41. The number of aryl methyl sites for hydroxylation is 1. The van der Waals surface area contributed by atoms with Crippen molar-refractivity contribution in [2.45, 2.75) is 6.92 Å². The van der Waals surface area contributed by atoms with E-state index in [-0.39, 0.29) is 0 Å². The zero-order chi connectivity index (χ0) is 19.4. The first-order chi connectivity index (χ1) is 13.1.